The Balaban J connectivity index is 2.64. The van der Waals surface area contributed by atoms with Crippen LogP contribution in [0.1, 0.15) is 11.4 Å². The fourth-order valence-corrected chi connectivity index (χ4v) is 1.37. The molecule has 1 N–H and O–H groups in total. The van der Waals surface area contributed by atoms with Gasteiger partial charge in [-0.05, 0) is 24.7 Å². The van der Waals surface area contributed by atoms with Crippen molar-refractivity contribution in [2.24, 2.45) is 5.11 Å². The number of carboxylic acids is 1. The summed E-state index contributed by atoms with van der Waals surface area (Å²) in [6.45, 7) is 0.603. The Kier molecular flexibility index (Phi) is 4.93. The van der Waals surface area contributed by atoms with Crippen LogP contribution in [0.3, 0.4) is 0 Å². The van der Waals surface area contributed by atoms with Gasteiger partial charge in [-0.1, -0.05) is 11.2 Å². The van der Waals surface area contributed by atoms with Gasteiger partial charge in [0.15, 0.2) is 0 Å². The highest BCUT2D eigenvalue weighted by Gasteiger charge is 2.06. The van der Waals surface area contributed by atoms with Crippen molar-refractivity contribution < 1.29 is 9.90 Å². The molecule has 0 spiro atoms. The molecule has 90 valence electrons. The molecule has 0 aliphatic rings. The number of azide groups is 1. The molecular weight excluding hydrogens is 222 g/mol. The zero-order valence-electron chi connectivity index (χ0n) is 9.44. The minimum absolute atomic E-state index is 0.0394. The van der Waals surface area contributed by atoms with Gasteiger partial charge in [-0.25, -0.2) is 0 Å². The molecule has 0 amide bonds. The minimum Gasteiger partial charge on any atom is -0.480 e. The number of hydrogen-bond donors (Lipinski definition) is 1. The molecule has 7 nitrogen and oxygen atoms in total. The van der Waals surface area contributed by atoms with E-state index in [9.17, 15) is 4.79 Å². The summed E-state index contributed by atoms with van der Waals surface area (Å²) in [4.78, 5) is 19.0. The van der Waals surface area contributed by atoms with Crippen molar-refractivity contribution in [1.82, 2.24) is 9.88 Å². The molecule has 0 aromatic carbocycles. The molecule has 1 heterocycles. The van der Waals surface area contributed by atoms with Crippen LogP contribution in [0.15, 0.2) is 23.3 Å². The van der Waals surface area contributed by atoms with Crippen LogP contribution in [0, 0.1) is 0 Å². The number of rotatable bonds is 6. The van der Waals surface area contributed by atoms with Gasteiger partial charge in [0.25, 0.3) is 0 Å². The Bertz CT molecular complexity index is 442. The molecule has 0 aliphatic heterocycles. The molecule has 1 rings (SSSR count). The van der Waals surface area contributed by atoms with E-state index in [1.807, 2.05) is 0 Å². The molecule has 0 unspecified atom stereocenters. The molecule has 0 fully saturated rings. The number of aliphatic carboxylic acids is 1. The van der Waals surface area contributed by atoms with Crippen molar-refractivity contribution in [2.45, 2.75) is 13.1 Å². The first-order valence-corrected chi connectivity index (χ1v) is 4.98. The second kappa shape index (κ2) is 6.47. The largest absolute Gasteiger partial charge is 0.480 e. The maximum absolute atomic E-state index is 10.5. The average molecular weight is 235 g/mol. The topological polar surface area (TPSA) is 102 Å². The van der Waals surface area contributed by atoms with Gasteiger partial charge in [0.1, 0.15) is 0 Å². The van der Waals surface area contributed by atoms with Crippen LogP contribution < -0.4 is 0 Å². The SMILES string of the molecule is CN(CC(=O)O)Cc1cccc(CN=[N+]=[N-])n1. The number of hydrogen-bond acceptors (Lipinski definition) is 4. The Morgan fingerprint density at radius 2 is 2.29 bits per heavy atom. The summed E-state index contributed by atoms with van der Waals surface area (Å²) >= 11 is 0. The number of aromatic nitrogens is 1. The smallest absolute Gasteiger partial charge is 0.317 e. The average Bonchev–Trinajstić information content (AvgIpc) is 2.25. The van der Waals surface area contributed by atoms with Gasteiger partial charge >= 0.3 is 5.97 Å². The Labute approximate surface area is 98.3 Å². The van der Waals surface area contributed by atoms with Crippen LogP contribution in [0.4, 0.5) is 0 Å². The third-order valence-corrected chi connectivity index (χ3v) is 2.00. The molecular formula is C10H13N5O2. The van der Waals surface area contributed by atoms with Gasteiger partial charge in [0.05, 0.1) is 18.8 Å². The Hall–Kier alpha value is -2.11. The van der Waals surface area contributed by atoms with Crippen molar-refractivity contribution in [3.05, 3.63) is 40.0 Å². The highest BCUT2D eigenvalue weighted by molar-refractivity contribution is 5.68. The summed E-state index contributed by atoms with van der Waals surface area (Å²) in [5.41, 5.74) is 9.62. The van der Waals surface area contributed by atoms with Gasteiger partial charge in [0.2, 0.25) is 0 Å². The number of carbonyl (C=O) groups is 1. The summed E-state index contributed by atoms with van der Waals surface area (Å²) in [5.74, 6) is -0.877. The summed E-state index contributed by atoms with van der Waals surface area (Å²) in [7, 11) is 1.70. The normalized spacial score (nSPS) is 10.0. The van der Waals surface area contributed by atoms with E-state index in [1.165, 1.54) is 0 Å². The highest BCUT2D eigenvalue weighted by atomic mass is 16.4. The Morgan fingerprint density at radius 3 is 2.94 bits per heavy atom. The van der Waals surface area contributed by atoms with Gasteiger partial charge in [-0.15, -0.1) is 0 Å². The van der Waals surface area contributed by atoms with Crippen LogP contribution in [0.2, 0.25) is 0 Å². The van der Waals surface area contributed by atoms with E-state index < -0.39 is 5.97 Å². The van der Waals surface area contributed by atoms with Gasteiger partial charge in [0, 0.05) is 17.2 Å². The minimum atomic E-state index is -0.877. The molecule has 0 radical (unpaired) electrons. The molecule has 0 saturated heterocycles. The van der Waals surface area contributed by atoms with Gasteiger partial charge in [-0.3, -0.25) is 14.7 Å². The zero-order chi connectivity index (χ0) is 12.7. The lowest BCUT2D eigenvalue weighted by Crippen LogP contribution is -2.25. The lowest BCUT2D eigenvalue weighted by atomic mass is 10.3. The number of pyridine rings is 1. The van der Waals surface area contributed by atoms with E-state index >= 15 is 0 Å². The maximum Gasteiger partial charge on any atom is 0.317 e. The van der Waals surface area contributed by atoms with Crippen molar-refractivity contribution in [3.63, 3.8) is 0 Å². The molecule has 17 heavy (non-hydrogen) atoms. The molecule has 1 aromatic rings. The molecule has 0 atom stereocenters. The third-order valence-electron chi connectivity index (χ3n) is 2.00. The lowest BCUT2D eigenvalue weighted by Gasteiger charge is -2.13. The molecule has 1 aromatic heterocycles. The molecule has 7 heteroatoms. The number of carboxylic acid groups (broad SMARTS) is 1. The Morgan fingerprint density at radius 1 is 1.59 bits per heavy atom. The first-order chi connectivity index (χ1) is 8.11. The molecule has 0 bridgehead atoms. The van der Waals surface area contributed by atoms with Gasteiger partial charge < -0.3 is 5.11 Å². The summed E-state index contributed by atoms with van der Waals surface area (Å²) < 4.78 is 0. The first-order valence-electron chi connectivity index (χ1n) is 4.98. The van der Waals surface area contributed by atoms with Crippen molar-refractivity contribution in [1.29, 1.82) is 0 Å². The maximum atomic E-state index is 10.5. The van der Waals surface area contributed by atoms with E-state index in [0.29, 0.717) is 12.2 Å². The van der Waals surface area contributed by atoms with Crippen LogP contribution in [-0.4, -0.2) is 34.6 Å². The fourth-order valence-electron chi connectivity index (χ4n) is 1.37. The van der Waals surface area contributed by atoms with E-state index in [0.717, 1.165) is 5.69 Å². The molecule has 0 aliphatic carbocycles. The third kappa shape index (κ3) is 4.96. The monoisotopic (exact) mass is 235 g/mol. The van der Waals surface area contributed by atoms with Gasteiger partial charge in [-0.2, -0.15) is 0 Å². The fraction of sp³-hybridized carbons (Fsp3) is 0.400. The van der Waals surface area contributed by atoms with E-state index in [2.05, 4.69) is 15.0 Å². The quantitative estimate of drug-likeness (QED) is 0.457. The second-order valence-electron chi connectivity index (χ2n) is 3.58. The number of likely N-dealkylation sites (N-methyl/N-ethyl adjacent to an activating group) is 1. The van der Waals surface area contributed by atoms with Crippen molar-refractivity contribution >= 4 is 5.97 Å². The summed E-state index contributed by atoms with van der Waals surface area (Å²) in [5, 5.41) is 12.0. The van der Waals surface area contributed by atoms with Crippen LogP contribution in [-0.2, 0) is 17.9 Å². The van der Waals surface area contributed by atoms with Crippen molar-refractivity contribution in [2.75, 3.05) is 13.6 Å². The van der Waals surface area contributed by atoms with Crippen LogP contribution in [0.5, 0.6) is 0 Å². The molecule has 0 saturated carbocycles. The second-order valence-corrected chi connectivity index (χ2v) is 3.58. The van der Waals surface area contributed by atoms with Crippen LogP contribution in [0.25, 0.3) is 10.4 Å². The predicted octanol–water partition coefficient (Wildman–Crippen LogP) is 1.41. The van der Waals surface area contributed by atoms with Crippen LogP contribution >= 0.6 is 0 Å². The van der Waals surface area contributed by atoms with E-state index in [4.69, 9.17) is 10.6 Å². The van der Waals surface area contributed by atoms with Crippen molar-refractivity contribution in [3.8, 4) is 0 Å². The summed E-state index contributed by atoms with van der Waals surface area (Å²) in [6.07, 6.45) is 0. The summed E-state index contributed by atoms with van der Waals surface area (Å²) in [6, 6.07) is 5.37. The standard InChI is InChI=1S/C10H13N5O2/c1-15(7-10(16)17)6-9-4-2-3-8(13-9)5-12-14-11/h2-4H,5-7H2,1H3,(H,16,17). The lowest BCUT2D eigenvalue weighted by molar-refractivity contribution is -0.138. The zero-order valence-corrected chi connectivity index (χ0v) is 9.44. The van der Waals surface area contributed by atoms with E-state index in [1.54, 1.807) is 30.1 Å². The highest BCUT2D eigenvalue weighted by Crippen LogP contribution is 2.03. The first kappa shape index (κ1) is 13.0. The predicted molar refractivity (Wildman–Crippen MR) is 61.1 cm³/mol. The number of nitrogens with zero attached hydrogens (tertiary/aromatic N) is 5. The van der Waals surface area contributed by atoms with E-state index in [-0.39, 0.29) is 13.1 Å².